The van der Waals surface area contributed by atoms with Crippen LogP contribution in [-0.4, -0.2) is 40.9 Å². The average Bonchev–Trinajstić information content (AvgIpc) is 2.56. The zero-order valence-corrected chi connectivity index (χ0v) is 17.5. The van der Waals surface area contributed by atoms with Crippen LogP contribution in [0.5, 0.6) is 17.2 Å². The first-order valence-corrected chi connectivity index (χ1v) is 9.88. The maximum atomic E-state index is 12.5. The molecular weight excluding hydrogens is 370 g/mol. The first-order chi connectivity index (χ1) is 13.6. The summed E-state index contributed by atoms with van der Waals surface area (Å²) in [5.74, 6) is 1.52. The lowest BCUT2D eigenvalue weighted by Crippen LogP contribution is -2.65. The summed E-state index contributed by atoms with van der Waals surface area (Å²) in [5, 5.41) is 9.92. The van der Waals surface area contributed by atoms with Gasteiger partial charge in [-0.15, -0.1) is 0 Å². The first kappa shape index (κ1) is 19.4. The SMILES string of the molecule is CC(C)Oc1ccc2c(c1)C1(CN(C(=O)OC(C)(C)C)C1)Oc1cc(O)ccc1-2. The summed E-state index contributed by atoms with van der Waals surface area (Å²) in [7, 11) is 0. The summed E-state index contributed by atoms with van der Waals surface area (Å²) in [5.41, 5.74) is 1.67. The fourth-order valence-corrected chi connectivity index (χ4v) is 3.82. The number of benzene rings is 2. The molecule has 29 heavy (non-hydrogen) atoms. The molecule has 1 N–H and O–H groups in total. The summed E-state index contributed by atoms with van der Waals surface area (Å²) in [4.78, 5) is 14.1. The molecule has 1 spiro atoms. The molecule has 0 aliphatic carbocycles. The molecule has 0 saturated carbocycles. The third-order valence-corrected chi connectivity index (χ3v) is 4.96. The van der Waals surface area contributed by atoms with Gasteiger partial charge in [-0.3, -0.25) is 4.90 Å². The van der Waals surface area contributed by atoms with Crippen molar-refractivity contribution in [2.75, 3.05) is 13.1 Å². The summed E-state index contributed by atoms with van der Waals surface area (Å²) in [6, 6.07) is 11.1. The molecule has 2 aliphatic rings. The lowest BCUT2D eigenvalue weighted by molar-refractivity contribution is -0.0876. The van der Waals surface area contributed by atoms with Crippen molar-refractivity contribution in [3.8, 4) is 28.4 Å². The number of carbonyl (C=O) groups is 1. The molecule has 2 aromatic carbocycles. The second-order valence-corrected chi connectivity index (χ2v) is 8.99. The van der Waals surface area contributed by atoms with Gasteiger partial charge in [0.1, 0.15) is 22.8 Å². The number of rotatable bonds is 2. The van der Waals surface area contributed by atoms with Gasteiger partial charge >= 0.3 is 6.09 Å². The number of phenolic OH excluding ortho intramolecular Hbond substituents is 1. The Morgan fingerprint density at radius 3 is 2.48 bits per heavy atom. The van der Waals surface area contributed by atoms with Crippen LogP contribution in [0.15, 0.2) is 36.4 Å². The Balaban J connectivity index is 1.70. The van der Waals surface area contributed by atoms with Crippen LogP contribution in [0.2, 0.25) is 0 Å². The van der Waals surface area contributed by atoms with Gasteiger partial charge < -0.3 is 19.3 Å². The zero-order chi connectivity index (χ0) is 21.0. The van der Waals surface area contributed by atoms with Crippen LogP contribution in [0.1, 0.15) is 40.2 Å². The minimum Gasteiger partial charge on any atom is -0.508 e. The van der Waals surface area contributed by atoms with Crippen molar-refractivity contribution in [3.63, 3.8) is 0 Å². The molecule has 2 aromatic rings. The Labute approximate surface area is 171 Å². The highest BCUT2D eigenvalue weighted by atomic mass is 16.6. The van der Waals surface area contributed by atoms with E-state index in [2.05, 4.69) is 0 Å². The van der Waals surface area contributed by atoms with Gasteiger partial charge in [0.2, 0.25) is 0 Å². The van der Waals surface area contributed by atoms with Crippen molar-refractivity contribution in [1.82, 2.24) is 4.90 Å². The molecule has 1 saturated heterocycles. The zero-order valence-electron chi connectivity index (χ0n) is 17.5. The molecule has 1 fully saturated rings. The third-order valence-electron chi connectivity index (χ3n) is 4.96. The van der Waals surface area contributed by atoms with Gasteiger partial charge in [0.15, 0.2) is 5.60 Å². The molecule has 2 heterocycles. The van der Waals surface area contributed by atoms with E-state index in [1.165, 1.54) is 0 Å². The monoisotopic (exact) mass is 397 g/mol. The lowest BCUT2D eigenvalue weighted by Gasteiger charge is -2.52. The normalized spacial score (nSPS) is 16.6. The summed E-state index contributed by atoms with van der Waals surface area (Å²) < 4.78 is 17.8. The Hall–Kier alpha value is -2.89. The molecule has 1 amide bonds. The molecule has 154 valence electrons. The predicted molar refractivity (Wildman–Crippen MR) is 109 cm³/mol. The number of ether oxygens (including phenoxy) is 3. The standard InChI is InChI=1S/C23H27NO5/c1-14(2)27-16-7-9-17-18-8-6-15(25)10-20(18)28-23(19(17)11-16)12-24(13-23)21(26)29-22(3,4)5/h6-11,14,25H,12-13H2,1-5H3. The van der Waals surface area contributed by atoms with Gasteiger partial charge in [-0.25, -0.2) is 4.79 Å². The fraction of sp³-hybridized carbons (Fsp3) is 0.435. The van der Waals surface area contributed by atoms with E-state index in [9.17, 15) is 9.90 Å². The second-order valence-electron chi connectivity index (χ2n) is 8.99. The summed E-state index contributed by atoms with van der Waals surface area (Å²) >= 11 is 0. The molecule has 0 radical (unpaired) electrons. The van der Waals surface area contributed by atoms with E-state index >= 15 is 0 Å². The molecular formula is C23H27NO5. The number of amides is 1. The average molecular weight is 397 g/mol. The number of likely N-dealkylation sites (tertiary alicyclic amines) is 1. The number of hydrogen-bond acceptors (Lipinski definition) is 5. The minimum atomic E-state index is -0.691. The van der Waals surface area contributed by atoms with E-state index in [4.69, 9.17) is 14.2 Å². The van der Waals surface area contributed by atoms with Crippen molar-refractivity contribution < 1.29 is 24.1 Å². The number of hydrogen-bond donors (Lipinski definition) is 1. The van der Waals surface area contributed by atoms with Crippen molar-refractivity contribution >= 4 is 6.09 Å². The van der Waals surface area contributed by atoms with Gasteiger partial charge in [-0.05, 0) is 64.4 Å². The largest absolute Gasteiger partial charge is 0.508 e. The van der Waals surface area contributed by atoms with E-state index in [0.717, 1.165) is 22.4 Å². The maximum absolute atomic E-state index is 12.5. The van der Waals surface area contributed by atoms with Gasteiger partial charge in [0.05, 0.1) is 19.2 Å². The Morgan fingerprint density at radius 1 is 1.14 bits per heavy atom. The van der Waals surface area contributed by atoms with Crippen LogP contribution in [-0.2, 0) is 10.3 Å². The Bertz CT molecular complexity index is 954. The number of aromatic hydroxyl groups is 1. The van der Waals surface area contributed by atoms with Gasteiger partial charge in [0.25, 0.3) is 0 Å². The van der Waals surface area contributed by atoms with E-state index < -0.39 is 11.2 Å². The van der Waals surface area contributed by atoms with Gasteiger partial charge in [-0.1, -0.05) is 6.07 Å². The highest BCUT2D eigenvalue weighted by molar-refractivity contribution is 5.79. The van der Waals surface area contributed by atoms with Crippen LogP contribution < -0.4 is 9.47 Å². The van der Waals surface area contributed by atoms with E-state index in [1.807, 2.05) is 58.9 Å². The topological polar surface area (TPSA) is 68.2 Å². The maximum Gasteiger partial charge on any atom is 0.410 e. The predicted octanol–water partition coefficient (Wildman–Crippen LogP) is 4.68. The number of nitrogens with zero attached hydrogens (tertiary/aromatic N) is 1. The van der Waals surface area contributed by atoms with E-state index in [1.54, 1.807) is 17.0 Å². The van der Waals surface area contributed by atoms with Crippen molar-refractivity contribution in [2.45, 2.75) is 51.9 Å². The molecule has 0 aromatic heterocycles. The van der Waals surface area contributed by atoms with E-state index in [-0.39, 0.29) is 17.9 Å². The van der Waals surface area contributed by atoms with Crippen LogP contribution in [0.4, 0.5) is 4.79 Å². The fourth-order valence-electron chi connectivity index (χ4n) is 3.82. The van der Waals surface area contributed by atoms with Crippen LogP contribution in [0.25, 0.3) is 11.1 Å². The molecule has 6 heteroatoms. The van der Waals surface area contributed by atoms with Crippen molar-refractivity contribution in [3.05, 3.63) is 42.0 Å². The molecule has 6 nitrogen and oxygen atoms in total. The number of carbonyl (C=O) groups excluding carboxylic acids is 1. The molecule has 0 atom stereocenters. The Morgan fingerprint density at radius 2 is 1.83 bits per heavy atom. The van der Waals surface area contributed by atoms with Crippen molar-refractivity contribution in [2.24, 2.45) is 0 Å². The van der Waals surface area contributed by atoms with Crippen molar-refractivity contribution in [1.29, 1.82) is 0 Å². The Kier molecular flexibility index (Phi) is 4.41. The summed E-state index contributed by atoms with van der Waals surface area (Å²) in [6.07, 6.45) is -0.304. The highest BCUT2D eigenvalue weighted by Crippen LogP contribution is 2.51. The second kappa shape index (κ2) is 6.58. The van der Waals surface area contributed by atoms with Crippen LogP contribution in [0, 0.1) is 0 Å². The smallest absolute Gasteiger partial charge is 0.410 e. The minimum absolute atomic E-state index is 0.0531. The number of phenols is 1. The first-order valence-electron chi connectivity index (χ1n) is 9.88. The third kappa shape index (κ3) is 3.59. The van der Waals surface area contributed by atoms with Gasteiger partial charge in [-0.2, -0.15) is 0 Å². The van der Waals surface area contributed by atoms with Gasteiger partial charge in [0, 0.05) is 17.2 Å². The van der Waals surface area contributed by atoms with Crippen LogP contribution >= 0.6 is 0 Å². The molecule has 2 aliphatic heterocycles. The quantitative estimate of drug-likeness (QED) is 0.797. The van der Waals surface area contributed by atoms with Crippen LogP contribution in [0.3, 0.4) is 0 Å². The molecule has 0 unspecified atom stereocenters. The number of fused-ring (bicyclic) bond motifs is 4. The van der Waals surface area contributed by atoms with E-state index in [0.29, 0.717) is 18.8 Å². The molecule has 4 rings (SSSR count). The molecule has 0 bridgehead atoms. The highest BCUT2D eigenvalue weighted by Gasteiger charge is 2.53. The lowest BCUT2D eigenvalue weighted by atomic mass is 9.79. The summed E-state index contributed by atoms with van der Waals surface area (Å²) in [6.45, 7) is 10.3.